The van der Waals surface area contributed by atoms with E-state index < -0.39 is 0 Å². The number of nitriles is 1. The normalized spacial score (nSPS) is 24.5. The van der Waals surface area contributed by atoms with E-state index in [1.54, 1.807) is 0 Å². The van der Waals surface area contributed by atoms with Gasteiger partial charge in [-0.3, -0.25) is 4.90 Å². The summed E-state index contributed by atoms with van der Waals surface area (Å²) in [6.45, 7) is 2.57. The van der Waals surface area contributed by atoms with Crippen LogP contribution in [-0.4, -0.2) is 32.8 Å². The SMILES string of the molecule is N#CCN1CCCC1c1nnc2n1CCCCC2. The topological polar surface area (TPSA) is 57.7 Å². The second kappa shape index (κ2) is 5.07. The minimum atomic E-state index is 0.309. The van der Waals surface area contributed by atoms with Gasteiger partial charge >= 0.3 is 0 Å². The summed E-state index contributed by atoms with van der Waals surface area (Å²) in [6.07, 6.45) is 7.06. The number of fused-ring (bicyclic) bond motifs is 1. The lowest BCUT2D eigenvalue weighted by Gasteiger charge is -2.21. The molecule has 0 bridgehead atoms. The van der Waals surface area contributed by atoms with E-state index in [1.807, 2.05) is 0 Å². The van der Waals surface area contributed by atoms with Gasteiger partial charge in [-0.25, -0.2) is 0 Å². The maximum absolute atomic E-state index is 8.89. The van der Waals surface area contributed by atoms with Crippen molar-refractivity contribution in [1.29, 1.82) is 5.26 Å². The zero-order valence-corrected chi connectivity index (χ0v) is 10.7. The van der Waals surface area contributed by atoms with Crippen molar-refractivity contribution in [2.75, 3.05) is 13.1 Å². The maximum atomic E-state index is 8.89. The predicted octanol–water partition coefficient (Wildman–Crippen LogP) is 1.66. The van der Waals surface area contributed by atoms with Crippen LogP contribution < -0.4 is 0 Å². The van der Waals surface area contributed by atoms with Crippen molar-refractivity contribution in [2.24, 2.45) is 0 Å². The summed E-state index contributed by atoms with van der Waals surface area (Å²) in [4.78, 5) is 2.24. The molecule has 0 saturated carbocycles. The molecule has 18 heavy (non-hydrogen) atoms. The van der Waals surface area contributed by atoms with Gasteiger partial charge in [0, 0.05) is 13.0 Å². The van der Waals surface area contributed by atoms with Gasteiger partial charge in [-0.15, -0.1) is 10.2 Å². The number of nitrogens with zero attached hydrogens (tertiary/aromatic N) is 5. The van der Waals surface area contributed by atoms with Crippen molar-refractivity contribution in [2.45, 2.75) is 51.1 Å². The van der Waals surface area contributed by atoms with Gasteiger partial charge in [-0.2, -0.15) is 5.26 Å². The highest BCUT2D eigenvalue weighted by atomic mass is 15.3. The minimum Gasteiger partial charge on any atom is -0.314 e. The van der Waals surface area contributed by atoms with Crippen LogP contribution in [0.25, 0.3) is 0 Å². The summed E-state index contributed by atoms with van der Waals surface area (Å²) in [5.74, 6) is 2.24. The molecule has 0 spiro atoms. The van der Waals surface area contributed by atoms with Crippen LogP contribution in [0.1, 0.15) is 49.8 Å². The lowest BCUT2D eigenvalue weighted by Crippen LogP contribution is -2.26. The van der Waals surface area contributed by atoms with E-state index in [1.165, 1.54) is 19.3 Å². The number of rotatable bonds is 2. The van der Waals surface area contributed by atoms with Gasteiger partial charge in [0.25, 0.3) is 0 Å². The Bertz CT molecular complexity index is 458. The molecule has 1 saturated heterocycles. The second-order valence-electron chi connectivity index (χ2n) is 5.22. The number of aryl methyl sites for hydroxylation is 1. The van der Waals surface area contributed by atoms with Gasteiger partial charge in [0.2, 0.25) is 0 Å². The Balaban J connectivity index is 1.88. The molecular formula is C13H19N5. The smallest absolute Gasteiger partial charge is 0.150 e. The number of likely N-dealkylation sites (tertiary alicyclic amines) is 1. The van der Waals surface area contributed by atoms with E-state index in [0.29, 0.717) is 12.6 Å². The third-order valence-electron chi connectivity index (χ3n) is 4.07. The average Bonchev–Trinajstić information content (AvgIpc) is 2.91. The molecule has 2 aliphatic heterocycles. The van der Waals surface area contributed by atoms with Crippen LogP contribution >= 0.6 is 0 Å². The fraction of sp³-hybridized carbons (Fsp3) is 0.769. The van der Waals surface area contributed by atoms with E-state index in [-0.39, 0.29) is 0 Å². The van der Waals surface area contributed by atoms with Gasteiger partial charge in [-0.05, 0) is 32.2 Å². The summed E-state index contributed by atoms with van der Waals surface area (Å²) in [7, 11) is 0. The zero-order chi connectivity index (χ0) is 12.4. The quantitative estimate of drug-likeness (QED) is 0.744. The zero-order valence-electron chi connectivity index (χ0n) is 10.7. The first-order chi connectivity index (χ1) is 8.90. The molecule has 0 amide bonds. The first-order valence-electron chi connectivity index (χ1n) is 6.93. The standard InChI is InChI=1S/C13H19N5/c14-7-10-17-8-4-5-11(17)13-16-15-12-6-2-1-3-9-18(12)13/h11H,1-6,8-10H2. The molecule has 2 aliphatic rings. The van der Waals surface area contributed by atoms with Crippen molar-refractivity contribution < 1.29 is 0 Å². The lowest BCUT2D eigenvalue weighted by atomic mass is 10.2. The van der Waals surface area contributed by atoms with Gasteiger partial charge in [0.05, 0.1) is 18.7 Å². The van der Waals surface area contributed by atoms with Crippen LogP contribution in [0.2, 0.25) is 0 Å². The van der Waals surface area contributed by atoms with Crippen molar-refractivity contribution >= 4 is 0 Å². The second-order valence-corrected chi connectivity index (χ2v) is 5.22. The fourth-order valence-electron chi connectivity index (χ4n) is 3.15. The monoisotopic (exact) mass is 245 g/mol. The molecule has 0 N–H and O–H groups in total. The Hall–Kier alpha value is -1.41. The lowest BCUT2D eigenvalue weighted by molar-refractivity contribution is 0.271. The Morgan fingerprint density at radius 3 is 3.00 bits per heavy atom. The van der Waals surface area contributed by atoms with Crippen LogP contribution in [0.3, 0.4) is 0 Å². The molecule has 3 heterocycles. The third-order valence-corrected chi connectivity index (χ3v) is 4.07. The molecule has 96 valence electrons. The highest BCUT2D eigenvalue weighted by Gasteiger charge is 2.30. The fourth-order valence-corrected chi connectivity index (χ4v) is 3.15. The molecule has 0 radical (unpaired) electrons. The first-order valence-corrected chi connectivity index (χ1v) is 6.93. The Morgan fingerprint density at radius 2 is 2.11 bits per heavy atom. The number of hydrogen-bond acceptors (Lipinski definition) is 4. The number of aromatic nitrogens is 3. The molecule has 3 rings (SSSR count). The van der Waals surface area contributed by atoms with Crippen LogP contribution in [0, 0.1) is 11.3 Å². The van der Waals surface area contributed by atoms with Gasteiger partial charge in [0.1, 0.15) is 11.6 Å². The number of hydrogen-bond donors (Lipinski definition) is 0. The Kier molecular flexibility index (Phi) is 3.28. The van der Waals surface area contributed by atoms with Crippen molar-refractivity contribution in [3.8, 4) is 6.07 Å². The Labute approximate surface area is 107 Å². The molecule has 1 aromatic rings. The predicted molar refractivity (Wildman–Crippen MR) is 66.7 cm³/mol. The minimum absolute atomic E-state index is 0.309. The highest BCUT2D eigenvalue weighted by molar-refractivity contribution is 5.06. The summed E-state index contributed by atoms with van der Waals surface area (Å²) in [5.41, 5.74) is 0. The average molecular weight is 245 g/mol. The molecule has 5 heteroatoms. The van der Waals surface area contributed by atoms with Crippen LogP contribution in [0.15, 0.2) is 0 Å². The molecule has 0 aliphatic carbocycles. The van der Waals surface area contributed by atoms with Crippen molar-refractivity contribution in [1.82, 2.24) is 19.7 Å². The Morgan fingerprint density at radius 1 is 1.17 bits per heavy atom. The summed E-state index contributed by atoms with van der Waals surface area (Å²) < 4.78 is 2.31. The molecular weight excluding hydrogens is 226 g/mol. The molecule has 0 aromatic carbocycles. The summed E-state index contributed by atoms with van der Waals surface area (Å²) >= 11 is 0. The van der Waals surface area contributed by atoms with Gasteiger partial charge in [0.15, 0.2) is 0 Å². The molecule has 5 nitrogen and oxygen atoms in total. The van der Waals surface area contributed by atoms with E-state index in [9.17, 15) is 0 Å². The van der Waals surface area contributed by atoms with Gasteiger partial charge in [-0.1, -0.05) is 6.42 Å². The molecule has 1 aromatic heterocycles. The van der Waals surface area contributed by atoms with Crippen LogP contribution in [-0.2, 0) is 13.0 Å². The van der Waals surface area contributed by atoms with Crippen LogP contribution in [0.5, 0.6) is 0 Å². The summed E-state index contributed by atoms with van der Waals surface area (Å²) in [6, 6.07) is 2.57. The highest BCUT2D eigenvalue weighted by Crippen LogP contribution is 2.31. The third kappa shape index (κ3) is 2.01. The van der Waals surface area contributed by atoms with Crippen molar-refractivity contribution in [3.05, 3.63) is 11.6 Å². The van der Waals surface area contributed by atoms with Gasteiger partial charge < -0.3 is 4.57 Å². The molecule has 1 fully saturated rings. The summed E-state index contributed by atoms with van der Waals surface area (Å²) in [5, 5.41) is 17.7. The molecule has 1 atom stereocenters. The largest absolute Gasteiger partial charge is 0.314 e. The van der Waals surface area contributed by atoms with Crippen molar-refractivity contribution in [3.63, 3.8) is 0 Å². The first kappa shape index (κ1) is 11.7. The van der Waals surface area contributed by atoms with E-state index in [2.05, 4.69) is 25.7 Å². The molecule has 1 unspecified atom stereocenters. The van der Waals surface area contributed by atoms with E-state index in [4.69, 9.17) is 5.26 Å². The maximum Gasteiger partial charge on any atom is 0.150 e. The van der Waals surface area contributed by atoms with Crippen LogP contribution in [0.4, 0.5) is 0 Å². The van der Waals surface area contributed by atoms with E-state index >= 15 is 0 Å². The van der Waals surface area contributed by atoms with E-state index in [0.717, 1.165) is 44.0 Å².